The summed E-state index contributed by atoms with van der Waals surface area (Å²) < 4.78 is 38.8. The molecule has 0 unspecified atom stereocenters. The summed E-state index contributed by atoms with van der Waals surface area (Å²) in [6.07, 6.45) is -5.82. The van der Waals surface area contributed by atoms with Gasteiger partial charge in [0.15, 0.2) is 0 Å². The number of amides is 1. The molecule has 2 aromatic rings. The lowest BCUT2D eigenvalue weighted by Crippen LogP contribution is -2.57. The van der Waals surface area contributed by atoms with Crippen LogP contribution in [0.2, 0.25) is 10.0 Å². The number of alkyl halides is 3. The second-order valence-electron chi connectivity index (χ2n) is 7.74. The van der Waals surface area contributed by atoms with Gasteiger partial charge in [0.05, 0.1) is 12.3 Å². The van der Waals surface area contributed by atoms with E-state index in [0.29, 0.717) is 15.6 Å². The lowest BCUT2D eigenvalue weighted by atomic mass is 9.76. The van der Waals surface area contributed by atoms with Crippen LogP contribution in [0.3, 0.4) is 0 Å². The van der Waals surface area contributed by atoms with Crippen LogP contribution in [-0.4, -0.2) is 28.7 Å². The zero-order valence-electron chi connectivity index (χ0n) is 16.3. The van der Waals surface area contributed by atoms with Crippen molar-refractivity contribution in [1.82, 2.24) is 5.32 Å². The lowest BCUT2D eigenvalue weighted by molar-refractivity contribution is -0.188. The normalized spacial score (nSPS) is 21.5. The molecule has 9 heteroatoms. The molecular formula is C22H20Cl2F3NO3. The standard InChI is InChI=1S/C22H20Cl2F3NO3/c23-17-4-1-13(2-5-17)14-3-6-18(24)15(11-14)12-19(29)28-21(20(30)31)9-7-16(8-10-21)22(25,26)27/h1-6,11,16H,7-10,12H2,(H,28,29)(H,30,31). The molecular weight excluding hydrogens is 454 g/mol. The molecule has 0 saturated heterocycles. The molecule has 1 saturated carbocycles. The molecule has 0 bridgehead atoms. The maximum Gasteiger partial charge on any atom is 0.391 e. The highest BCUT2D eigenvalue weighted by Gasteiger charge is 2.49. The van der Waals surface area contributed by atoms with Gasteiger partial charge in [0, 0.05) is 10.0 Å². The number of carbonyl (C=O) groups is 2. The minimum Gasteiger partial charge on any atom is -0.480 e. The summed E-state index contributed by atoms with van der Waals surface area (Å²) in [5.41, 5.74) is 0.424. The van der Waals surface area contributed by atoms with Crippen LogP contribution in [0.1, 0.15) is 31.2 Å². The van der Waals surface area contributed by atoms with Gasteiger partial charge in [-0.25, -0.2) is 4.79 Å². The molecule has 2 N–H and O–H groups in total. The molecule has 2 aromatic carbocycles. The largest absolute Gasteiger partial charge is 0.480 e. The van der Waals surface area contributed by atoms with Crippen molar-refractivity contribution in [3.63, 3.8) is 0 Å². The van der Waals surface area contributed by atoms with E-state index in [1.54, 1.807) is 30.3 Å². The van der Waals surface area contributed by atoms with Crippen LogP contribution in [0.4, 0.5) is 13.2 Å². The zero-order chi connectivity index (χ0) is 22.8. The molecule has 1 fully saturated rings. The van der Waals surface area contributed by atoms with Crippen molar-refractivity contribution in [2.45, 2.75) is 43.8 Å². The lowest BCUT2D eigenvalue weighted by Gasteiger charge is -2.38. The molecule has 0 aliphatic heterocycles. The van der Waals surface area contributed by atoms with Crippen LogP contribution in [0.25, 0.3) is 11.1 Å². The van der Waals surface area contributed by atoms with Gasteiger partial charge in [-0.2, -0.15) is 13.2 Å². The second kappa shape index (κ2) is 9.09. The Morgan fingerprint density at radius 1 is 1.03 bits per heavy atom. The van der Waals surface area contributed by atoms with E-state index in [4.69, 9.17) is 23.2 Å². The quantitative estimate of drug-likeness (QED) is 0.568. The number of carboxylic acid groups (broad SMARTS) is 1. The molecule has 31 heavy (non-hydrogen) atoms. The van der Waals surface area contributed by atoms with Gasteiger partial charge in [0.25, 0.3) is 0 Å². The smallest absolute Gasteiger partial charge is 0.391 e. The molecule has 3 rings (SSSR count). The minimum atomic E-state index is -4.37. The van der Waals surface area contributed by atoms with Crippen molar-refractivity contribution in [2.75, 3.05) is 0 Å². The van der Waals surface area contributed by atoms with Crippen LogP contribution in [0.5, 0.6) is 0 Å². The van der Waals surface area contributed by atoms with E-state index in [-0.39, 0.29) is 32.1 Å². The summed E-state index contributed by atoms with van der Waals surface area (Å²) in [6, 6.07) is 12.2. The highest BCUT2D eigenvalue weighted by molar-refractivity contribution is 6.31. The van der Waals surface area contributed by atoms with Crippen molar-refractivity contribution in [3.8, 4) is 11.1 Å². The first-order valence-corrected chi connectivity index (χ1v) is 10.4. The molecule has 0 aromatic heterocycles. The predicted molar refractivity (Wildman–Crippen MR) is 112 cm³/mol. The van der Waals surface area contributed by atoms with Crippen LogP contribution < -0.4 is 5.32 Å². The van der Waals surface area contributed by atoms with Crippen molar-refractivity contribution < 1.29 is 27.9 Å². The third kappa shape index (κ3) is 5.52. The molecule has 0 spiro atoms. The van der Waals surface area contributed by atoms with Gasteiger partial charge in [-0.3, -0.25) is 4.79 Å². The number of hydrogen-bond acceptors (Lipinski definition) is 2. The maximum absolute atomic E-state index is 12.9. The summed E-state index contributed by atoms with van der Waals surface area (Å²) in [5.74, 6) is -3.49. The van der Waals surface area contributed by atoms with Gasteiger partial charge in [0.2, 0.25) is 5.91 Å². The van der Waals surface area contributed by atoms with Gasteiger partial charge in [-0.1, -0.05) is 41.4 Å². The number of rotatable bonds is 5. The molecule has 0 radical (unpaired) electrons. The van der Waals surface area contributed by atoms with Crippen LogP contribution in [0.15, 0.2) is 42.5 Å². The first-order valence-electron chi connectivity index (χ1n) is 9.66. The fourth-order valence-corrected chi connectivity index (χ4v) is 4.16. The van der Waals surface area contributed by atoms with E-state index in [0.717, 1.165) is 11.1 Å². The van der Waals surface area contributed by atoms with Gasteiger partial charge in [-0.15, -0.1) is 0 Å². The average molecular weight is 474 g/mol. The van der Waals surface area contributed by atoms with Crippen LogP contribution in [0, 0.1) is 5.92 Å². The molecule has 1 amide bonds. The highest BCUT2D eigenvalue weighted by atomic mass is 35.5. The van der Waals surface area contributed by atoms with E-state index >= 15 is 0 Å². The van der Waals surface area contributed by atoms with Gasteiger partial charge in [0.1, 0.15) is 5.54 Å². The molecule has 0 atom stereocenters. The number of carboxylic acids is 1. The van der Waals surface area contributed by atoms with Crippen LogP contribution in [-0.2, 0) is 16.0 Å². The molecule has 1 aliphatic carbocycles. The van der Waals surface area contributed by atoms with Crippen molar-refractivity contribution >= 4 is 35.1 Å². The molecule has 166 valence electrons. The van der Waals surface area contributed by atoms with Gasteiger partial charge in [-0.05, 0) is 66.6 Å². The Morgan fingerprint density at radius 3 is 2.16 bits per heavy atom. The van der Waals surface area contributed by atoms with Crippen molar-refractivity contribution in [2.24, 2.45) is 5.92 Å². The summed E-state index contributed by atoms with van der Waals surface area (Å²) in [6.45, 7) is 0. The second-order valence-corrected chi connectivity index (χ2v) is 8.58. The summed E-state index contributed by atoms with van der Waals surface area (Å²) in [7, 11) is 0. The van der Waals surface area contributed by atoms with Gasteiger partial charge < -0.3 is 10.4 Å². The number of nitrogens with one attached hydrogen (secondary N) is 1. The number of aliphatic carboxylic acids is 1. The predicted octanol–water partition coefficient (Wildman–Crippen LogP) is 5.90. The SMILES string of the molecule is O=C(Cc1cc(-c2ccc(Cl)cc2)ccc1Cl)NC1(C(=O)O)CCC(C(F)(F)F)CC1. The maximum atomic E-state index is 12.9. The monoisotopic (exact) mass is 473 g/mol. The Balaban J connectivity index is 1.74. The number of halogens is 5. The average Bonchev–Trinajstić information content (AvgIpc) is 2.70. The van der Waals surface area contributed by atoms with E-state index in [1.165, 1.54) is 0 Å². The zero-order valence-corrected chi connectivity index (χ0v) is 17.8. The topological polar surface area (TPSA) is 66.4 Å². The first kappa shape index (κ1) is 23.4. The molecule has 0 heterocycles. The summed E-state index contributed by atoms with van der Waals surface area (Å²) in [4.78, 5) is 24.5. The fraction of sp³-hybridized carbons (Fsp3) is 0.364. The Bertz CT molecular complexity index is 969. The van der Waals surface area contributed by atoms with Crippen LogP contribution >= 0.6 is 23.2 Å². The van der Waals surface area contributed by atoms with E-state index < -0.39 is 29.5 Å². The number of hydrogen-bond donors (Lipinski definition) is 2. The van der Waals surface area contributed by atoms with Crippen molar-refractivity contribution in [1.29, 1.82) is 0 Å². The Labute approximate surface area is 187 Å². The van der Waals surface area contributed by atoms with E-state index in [1.807, 2.05) is 12.1 Å². The minimum absolute atomic E-state index is 0.196. The fourth-order valence-electron chi connectivity index (χ4n) is 3.85. The number of benzene rings is 2. The Hall–Kier alpha value is -2.25. The van der Waals surface area contributed by atoms with E-state index in [9.17, 15) is 27.9 Å². The Kier molecular flexibility index (Phi) is 6.86. The molecule has 4 nitrogen and oxygen atoms in total. The first-order chi connectivity index (χ1) is 14.5. The van der Waals surface area contributed by atoms with E-state index in [2.05, 4.69) is 5.32 Å². The third-order valence-corrected chi connectivity index (χ3v) is 6.29. The summed E-state index contributed by atoms with van der Waals surface area (Å²) >= 11 is 12.1. The highest BCUT2D eigenvalue weighted by Crippen LogP contribution is 2.41. The third-order valence-electron chi connectivity index (χ3n) is 5.66. The number of carbonyl (C=O) groups excluding carboxylic acids is 1. The molecule has 1 aliphatic rings. The Morgan fingerprint density at radius 2 is 1.61 bits per heavy atom. The summed E-state index contributed by atoms with van der Waals surface area (Å²) in [5, 5.41) is 13.0. The van der Waals surface area contributed by atoms with Gasteiger partial charge >= 0.3 is 12.1 Å². The van der Waals surface area contributed by atoms with Crippen molar-refractivity contribution in [3.05, 3.63) is 58.1 Å².